The molecule has 0 atom stereocenters. The van der Waals surface area contributed by atoms with Crippen molar-refractivity contribution in [2.45, 2.75) is 13.5 Å². The second-order valence-corrected chi connectivity index (χ2v) is 6.93. The van der Waals surface area contributed by atoms with Gasteiger partial charge >= 0.3 is 11.9 Å². The van der Waals surface area contributed by atoms with E-state index in [1.165, 1.54) is 7.05 Å². The summed E-state index contributed by atoms with van der Waals surface area (Å²) in [5.74, 6) is -1.46. The first-order valence-electron chi connectivity index (χ1n) is 8.50. The summed E-state index contributed by atoms with van der Waals surface area (Å²) in [6, 6.07) is 8.44. The number of thiophene rings is 1. The highest BCUT2D eigenvalue weighted by atomic mass is 32.1. The van der Waals surface area contributed by atoms with Gasteiger partial charge in [-0.1, -0.05) is 18.2 Å². The van der Waals surface area contributed by atoms with E-state index < -0.39 is 11.9 Å². The molecule has 3 rings (SSSR count). The molecule has 9 nitrogen and oxygen atoms in total. The van der Waals surface area contributed by atoms with Gasteiger partial charge < -0.3 is 15.2 Å². The number of nitrogens with zero attached hydrogens (tertiary/aromatic N) is 3. The van der Waals surface area contributed by atoms with Gasteiger partial charge in [-0.15, -0.1) is 11.3 Å². The minimum atomic E-state index is -0.805. The van der Waals surface area contributed by atoms with Gasteiger partial charge in [0.2, 0.25) is 0 Å². The summed E-state index contributed by atoms with van der Waals surface area (Å²) < 4.78 is 11.3. The Bertz CT molecular complexity index is 1220. The first-order valence-corrected chi connectivity index (χ1v) is 9.32. The van der Waals surface area contributed by atoms with Gasteiger partial charge in [-0.3, -0.25) is 4.79 Å². The lowest BCUT2D eigenvalue weighted by Crippen LogP contribution is -2.24. The molecule has 0 unspecified atom stereocenters. The van der Waals surface area contributed by atoms with Crippen LogP contribution >= 0.6 is 11.3 Å². The quantitative estimate of drug-likeness (QED) is 0.628. The summed E-state index contributed by atoms with van der Waals surface area (Å²) in [4.78, 5) is 37.1. The van der Waals surface area contributed by atoms with Crippen molar-refractivity contribution >= 4 is 39.0 Å². The maximum absolute atomic E-state index is 12.7. The third kappa shape index (κ3) is 3.68. The number of carbonyl (C=O) groups excluding carboxylic acids is 2. The fourth-order valence-corrected chi connectivity index (χ4v) is 3.68. The number of hydrogen-bond acceptors (Lipinski definition) is 9. The molecule has 10 heteroatoms. The molecule has 0 fully saturated rings. The molecule has 29 heavy (non-hydrogen) atoms. The van der Waals surface area contributed by atoms with E-state index in [0.29, 0.717) is 10.8 Å². The van der Waals surface area contributed by atoms with Gasteiger partial charge in [-0.05, 0) is 13.0 Å². The third-order valence-corrected chi connectivity index (χ3v) is 5.15. The number of anilines is 1. The van der Waals surface area contributed by atoms with Crippen LogP contribution in [0.5, 0.6) is 0 Å². The Morgan fingerprint density at radius 3 is 2.59 bits per heavy atom. The Kier molecular flexibility index (Phi) is 5.61. The van der Waals surface area contributed by atoms with Gasteiger partial charge in [0.1, 0.15) is 22.6 Å². The number of nitrogen functional groups attached to an aromatic ring is 1. The zero-order chi connectivity index (χ0) is 21.1. The zero-order valence-corrected chi connectivity index (χ0v) is 16.4. The molecule has 1 aromatic carbocycles. The average Bonchev–Trinajstić information content (AvgIpc) is 3.04. The SMILES string of the molecule is CCOC(=O)c1sc(N)c(C#N)c1COC(=O)c1nn(C)c(=O)c2ccccc12. The van der Waals surface area contributed by atoms with Crippen molar-refractivity contribution < 1.29 is 19.1 Å². The predicted octanol–water partition coefficient (Wildman–Crippen LogP) is 1.98. The molecule has 0 saturated carbocycles. The monoisotopic (exact) mass is 412 g/mol. The smallest absolute Gasteiger partial charge is 0.359 e. The second-order valence-electron chi connectivity index (χ2n) is 5.88. The van der Waals surface area contributed by atoms with E-state index in [1.807, 2.05) is 6.07 Å². The number of rotatable bonds is 5. The van der Waals surface area contributed by atoms with E-state index in [0.717, 1.165) is 16.0 Å². The van der Waals surface area contributed by atoms with E-state index in [4.69, 9.17) is 15.2 Å². The molecule has 148 valence electrons. The molecule has 0 amide bonds. The van der Waals surface area contributed by atoms with E-state index in [1.54, 1.807) is 31.2 Å². The van der Waals surface area contributed by atoms with Crippen LogP contribution in [0.4, 0.5) is 5.00 Å². The number of aromatic nitrogens is 2. The van der Waals surface area contributed by atoms with Crippen LogP contribution in [-0.4, -0.2) is 28.3 Å². The highest BCUT2D eigenvalue weighted by Gasteiger charge is 2.25. The predicted molar refractivity (Wildman–Crippen MR) is 106 cm³/mol. The standard InChI is InChI=1S/C19H16N4O5S/c1-3-27-19(26)15-13(12(8-20)16(21)29-15)9-28-18(25)14-10-6-4-5-7-11(10)17(24)23(2)22-14/h4-7H,3,9,21H2,1-2H3. The van der Waals surface area contributed by atoms with Crippen LogP contribution < -0.4 is 11.3 Å². The molecule has 0 aliphatic rings. The van der Waals surface area contributed by atoms with Crippen LogP contribution in [0.15, 0.2) is 29.1 Å². The van der Waals surface area contributed by atoms with Crippen molar-refractivity contribution in [3.8, 4) is 6.07 Å². The summed E-state index contributed by atoms with van der Waals surface area (Å²) >= 11 is 0.896. The molecule has 2 heterocycles. The first-order chi connectivity index (χ1) is 13.9. The second kappa shape index (κ2) is 8.12. The Hall–Kier alpha value is -3.71. The zero-order valence-electron chi connectivity index (χ0n) is 15.6. The van der Waals surface area contributed by atoms with E-state index in [2.05, 4.69) is 5.10 Å². The van der Waals surface area contributed by atoms with Crippen LogP contribution in [0.1, 0.15) is 38.2 Å². The number of benzene rings is 1. The van der Waals surface area contributed by atoms with Crippen molar-refractivity contribution in [1.82, 2.24) is 9.78 Å². The fourth-order valence-electron chi connectivity index (χ4n) is 2.76. The number of carbonyl (C=O) groups is 2. The minimum absolute atomic E-state index is 0.0536. The van der Waals surface area contributed by atoms with Crippen molar-refractivity contribution in [3.63, 3.8) is 0 Å². The normalized spacial score (nSPS) is 10.5. The van der Waals surface area contributed by atoms with Gasteiger partial charge in [0.15, 0.2) is 5.69 Å². The number of nitriles is 1. The van der Waals surface area contributed by atoms with Crippen LogP contribution in [0.25, 0.3) is 10.8 Å². The summed E-state index contributed by atoms with van der Waals surface area (Å²) in [6.45, 7) is 1.42. The Morgan fingerprint density at radius 1 is 1.24 bits per heavy atom. The topological polar surface area (TPSA) is 137 Å². The maximum Gasteiger partial charge on any atom is 0.359 e. The van der Waals surface area contributed by atoms with Crippen molar-refractivity contribution in [2.24, 2.45) is 7.05 Å². The Labute approximate surface area is 168 Å². The van der Waals surface area contributed by atoms with Crippen molar-refractivity contribution in [1.29, 1.82) is 5.26 Å². The molecule has 0 spiro atoms. The van der Waals surface area contributed by atoms with Gasteiger partial charge in [0, 0.05) is 18.0 Å². The van der Waals surface area contributed by atoms with Crippen LogP contribution in [0, 0.1) is 11.3 Å². The van der Waals surface area contributed by atoms with Crippen LogP contribution in [0.2, 0.25) is 0 Å². The molecule has 0 radical (unpaired) electrons. The molecule has 0 aliphatic carbocycles. The number of fused-ring (bicyclic) bond motifs is 1. The molecular formula is C19H16N4O5S. The maximum atomic E-state index is 12.7. The lowest BCUT2D eigenvalue weighted by atomic mass is 10.1. The number of aryl methyl sites for hydroxylation is 1. The summed E-state index contributed by atoms with van der Waals surface area (Å²) in [5, 5.41) is 14.1. The highest BCUT2D eigenvalue weighted by Crippen LogP contribution is 2.32. The van der Waals surface area contributed by atoms with Gasteiger partial charge in [0.05, 0.1) is 17.6 Å². The van der Waals surface area contributed by atoms with Gasteiger partial charge in [-0.25, -0.2) is 14.3 Å². The lowest BCUT2D eigenvalue weighted by molar-refractivity contribution is 0.0447. The van der Waals surface area contributed by atoms with Crippen molar-refractivity contribution in [3.05, 3.63) is 56.3 Å². The molecule has 3 aromatic rings. The molecule has 0 aliphatic heterocycles. The number of esters is 2. The molecule has 2 aromatic heterocycles. The van der Waals surface area contributed by atoms with E-state index in [-0.39, 0.29) is 45.5 Å². The Balaban J connectivity index is 1.96. The fraction of sp³-hybridized carbons (Fsp3) is 0.211. The van der Waals surface area contributed by atoms with E-state index in [9.17, 15) is 19.6 Å². The minimum Gasteiger partial charge on any atom is -0.462 e. The number of nitrogens with two attached hydrogens (primary N) is 1. The molecular weight excluding hydrogens is 396 g/mol. The highest BCUT2D eigenvalue weighted by molar-refractivity contribution is 7.18. The average molecular weight is 412 g/mol. The number of ether oxygens (including phenoxy) is 2. The summed E-state index contributed by atoms with van der Waals surface area (Å²) in [7, 11) is 1.43. The van der Waals surface area contributed by atoms with Crippen LogP contribution in [-0.2, 0) is 23.1 Å². The van der Waals surface area contributed by atoms with Gasteiger partial charge in [0.25, 0.3) is 5.56 Å². The largest absolute Gasteiger partial charge is 0.462 e. The van der Waals surface area contributed by atoms with E-state index >= 15 is 0 Å². The number of hydrogen-bond donors (Lipinski definition) is 1. The lowest BCUT2D eigenvalue weighted by Gasteiger charge is -2.09. The molecule has 2 N–H and O–H groups in total. The molecule has 0 saturated heterocycles. The first kappa shape index (κ1) is 20.0. The third-order valence-electron chi connectivity index (χ3n) is 4.10. The van der Waals surface area contributed by atoms with Crippen molar-refractivity contribution in [2.75, 3.05) is 12.3 Å². The van der Waals surface area contributed by atoms with Gasteiger partial charge in [-0.2, -0.15) is 10.4 Å². The summed E-state index contributed by atoms with van der Waals surface area (Å²) in [5.41, 5.74) is 5.65. The molecule has 0 bridgehead atoms. The van der Waals surface area contributed by atoms with Crippen LogP contribution in [0.3, 0.4) is 0 Å². The Morgan fingerprint density at radius 2 is 1.93 bits per heavy atom. The summed E-state index contributed by atoms with van der Waals surface area (Å²) in [6.07, 6.45) is 0.